The average Bonchev–Trinajstić information content (AvgIpc) is 2.70. The Labute approximate surface area is 98.2 Å². The van der Waals surface area contributed by atoms with Crippen LogP contribution in [0.2, 0.25) is 0 Å². The van der Waals surface area contributed by atoms with E-state index in [-0.39, 0.29) is 6.54 Å². The van der Waals surface area contributed by atoms with Crippen LogP contribution in [0.5, 0.6) is 0 Å². The van der Waals surface area contributed by atoms with Crippen molar-refractivity contribution in [3.8, 4) is 0 Å². The molecule has 0 radical (unpaired) electrons. The van der Waals surface area contributed by atoms with Gasteiger partial charge in [-0.25, -0.2) is 0 Å². The summed E-state index contributed by atoms with van der Waals surface area (Å²) >= 11 is 0. The van der Waals surface area contributed by atoms with Gasteiger partial charge >= 0.3 is 5.97 Å². The first-order valence-corrected chi connectivity index (χ1v) is 6.39. The molecule has 0 unspecified atom stereocenters. The molecule has 4 heteroatoms. The Morgan fingerprint density at radius 3 is 2.56 bits per heavy atom. The van der Waals surface area contributed by atoms with Crippen LogP contribution in [-0.2, 0) is 4.79 Å². The summed E-state index contributed by atoms with van der Waals surface area (Å²) in [6.07, 6.45) is 4.77. The van der Waals surface area contributed by atoms with Gasteiger partial charge in [-0.1, -0.05) is 6.92 Å². The van der Waals surface area contributed by atoms with Crippen LogP contribution in [0.25, 0.3) is 0 Å². The molecule has 1 aliphatic heterocycles. The maximum atomic E-state index is 10.7. The van der Waals surface area contributed by atoms with E-state index in [1.54, 1.807) is 0 Å². The maximum absolute atomic E-state index is 10.7. The number of aliphatic carboxylic acids is 1. The average molecular weight is 228 g/mol. The van der Waals surface area contributed by atoms with E-state index in [1.165, 1.54) is 25.9 Å². The molecule has 1 rings (SSSR count). The second-order valence-electron chi connectivity index (χ2n) is 4.57. The molecule has 1 aliphatic rings. The summed E-state index contributed by atoms with van der Waals surface area (Å²) in [5.41, 5.74) is 0. The minimum atomic E-state index is -0.713. The number of carboxylic acids is 1. The first-order chi connectivity index (χ1) is 7.72. The van der Waals surface area contributed by atoms with Crippen molar-refractivity contribution in [1.82, 2.24) is 9.80 Å². The monoisotopic (exact) mass is 228 g/mol. The normalized spacial score (nSPS) is 17.1. The lowest BCUT2D eigenvalue weighted by Crippen LogP contribution is -2.33. The molecule has 0 atom stereocenters. The van der Waals surface area contributed by atoms with Crippen molar-refractivity contribution < 1.29 is 9.90 Å². The molecule has 4 nitrogen and oxygen atoms in total. The molecule has 0 amide bonds. The molecule has 1 saturated heterocycles. The van der Waals surface area contributed by atoms with Crippen LogP contribution in [0, 0.1) is 0 Å². The first kappa shape index (κ1) is 13.5. The van der Waals surface area contributed by atoms with Gasteiger partial charge in [0.25, 0.3) is 0 Å². The van der Waals surface area contributed by atoms with Crippen molar-refractivity contribution in [2.45, 2.75) is 32.6 Å². The highest BCUT2D eigenvalue weighted by molar-refractivity contribution is 5.69. The fourth-order valence-electron chi connectivity index (χ4n) is 2.30. The number of nitrogens with zero attached hydrogens (tertiary/aromatic N) is 2. The lowest BCUT2D eigenvalue weighted by Gasteiger charge is -2.21. The van der Waals surface area contributed by atoms with Gasteiger partial charge in [0.1, 0.15) is 0 Å². The highest BCUT2D eigenvalue weighted by atomic mass is 16.4. The van der Waals surface area contributed by atoms with Crippen molar-refractivity contribution in [2.24, 2.45) is 0 Å². The molecule has 1 heterocycles. The Bertz CT molecular complexity index is 203. The zero-order valence-electron chi connectivity index (χ0n) is 10.3. The zero-order valence-corrected chi connectivity index (χ0v) is 10.3. The summed E-state index contributed by atoms with van der Waals surface area (Å²) in [7, 11) is 0. The van der Waals surface area contributed by atoms with Gasteiger partial charge in [-0.05, 0) is 58.4 Å². The number of hydrogen-bond donors (Lipinski definition) is 1. The van der Waals surface area contributed by atoms with Crippen LogP contribution in [0.1, 0.15) is 32.6 Å². The number of carboxylic acid groups (broad SMARTS) is 1. The second kappa shape index (κ2) is 7.63. The van der Waals surface area contributed by atoms with E-state index in [2.05, 4.69) is 11.8 Å². The predicted octanol–water partition coefficient (Wildman–Crippen LogP) is 1.27. The van der Waals surface area contributed by atoms with Gasteiger partial charge in [0.2, 0.25) is 0 Å². The molecule has 1 fully saturated rings. The minimum absolute atomic E-state index is 0.188. The third-order valence-electron chi connectivity index (χ3n) is 3.05. The maximum Gasteiger partial charge on any atom is 0.317 e. The van der Waals surface area contributed by atoms with Crippen molar-refractivity contribution in [2.75, 3.05) is 39.3 Å². The Hall–Kier alpha value is -0.610. The molecule has 0 aromatic rings. The second-order valence-corrected chi connectivity index (χ2v) is 4.57. The van der Waals surface area contributed by atoms with Crippen LogP contribution >= 0.6 is 0 Å². The number of carbonyl (C=O) groups is 1. The van der Waals surface area contributed by atoms with E-state index in [0.717, 1.165) is 32.5 Å². The Kier molecular flexibility index (Phi) is 6.42. The van der Waals surface area contributed by atoms with Gasteiger partial charge in [0.15, 0.2) is 0 Å². The van der Waals surface area contributed by atoms with Gasteiger partial charge in [0, 0.05) is 0 Å². The summed E-state index contributed by atoms with van der Waals surface area (Å²) in [5.74, 6) is -0.713. The Morgan fingerprint density at radius 1 is 1.31 bits per heavy atom. The number of likely N-dealkylation sites (tertiary alicyclic amines) is 1. The molecule has 16 heavy (non-hydrogen) atoms. The van der Waals surface area contributed by atoms with Gasteiger partial charge in [-0.2, -0.15) is 0 Å². The van der Waals surface area contributed by atoms with Crippen LogP contribution in [0.4, 0.5) is 0 Å². The molecule has 0 saturated carbocycles. The van der Waals surface area contributed by atoms with Gasteiger partial charge in [-0.15, -0.1) is 0 Å². The van der Waals surface area contributed by atoms with Crippen LogP contribution in [-0.4, -0.2) is 60.1 Å². The number of hydrogen-bond acceptors (Lipinski definition) is 3. The van der Waals surface area contributed by atoms with Crippen LogP contribution < -0.4 is 0 Å². The van der Waals surface area contributed by atoms with Gasteiger partial charge in [-0.3, -0.25) is 9.69 Å². The summed E-state index contributed by atoms with van der Waals surface area (Å²) in [5, 5.41) is 8.77. The largest absolute Gasteiger partial charge is 0.480 e. The molecular formula is C12H24N2O2. The molecule has 0 aromatic heterocycles. The third kappa shape index (κ3) is 5.47. The fraction of sp³-hybridized carbons (Fsp3) is 0.917. The summed E-state index contributed by atoms with van der Waals surface area (Å²) in [4.78, 5) is 15.2. The smallest absolute Gasteiger partial charge is 0.317 e. The van der Waals surface area contributed by atoms with Crippen LogP contribution in [0.15, 0.2) is 0 Å². The van der Waals surface area contributed by atoms with E-state index < -0.39 is 5.97 Å². The molecule has 0 aromatic carbocycles. The van der Waals surface area contributed by atoms with Gasteiger partial charge in [0.05, 0.1) is 6.54 Å². The van der Waals surface area contributed by atoms with E-state index in [4.69, 9.17) is 5.11 Å². The lowest BCUT2D eigenvalue weighted by molar-refractivity contribution is -0.138. The van der Waals surface area contributed by atoms with E-state index in [0.29, 0.717) is 0 Å². The molecule has 0 aliphatic carbocycles. The predicted molar refractivity (Wildman–Crippen MR) is 64.7 cm³/mol. The number of rotatable bonds is 8. The molecule has 0 spiro atoms. The quantitative estimate of drug-likeness (QED) is 0.679. The fourth-order valence-corrected chi connectivity index (χ4v) is 2.30. The lowest BCUT2D eigenvalue weighted by atomic mass is 10.3. The standard InChI is InChI=1S/C12H24N2O2/c1-2-6-14(11-12(15)16)10-5-9-13-7-3-4-8-13/h2-11H2,1H3,(H,15,16). The van der Waals surface area contributed by atoms with Crippen molar-refractivity contribution in [1.29, 1.82) is 0 Å². The minimum Gasteiger partial charge on any atom is -0.480 e. The van der Waals surface area contributed by atoms with E-state index in [9.17, 15) is 4.79 Å². The zero-order chi connectivity index (χ0) is 11.8. The first-order valence-electron chi connectivity index (χ1n) is 6.39. The molecule has 94 valence electrons. The summed E-state index contributed by atoms with van der Waals surface area (Å²) in [6.45, 7) is 7.67. The van der Waals surface area contributed by atoms with Gasteiger partial charge < -0.3 is 10.0 Å². The van der Waals surface area contributed by atoms with Crippen molar-refractivity contribution in [3.05, 3.63) is 0 Å². The molecule has 0 bridgehead atoms. The third-order valence-corrected chi connectivity index (χ3v) is 3.05. The topological polar surface area (TPSA) is 43.8 Å². The molecular weight excluding hydrogens is 204 g/mol. The highest BCUT2D eigenvalue weighted by Crippen LogP contribution is 2.07. The van der Waals surface area contributed by atoms with E-state index >= 15 is 0 Å². The SMILES string of the molecule is CCCN(CCCN1CCCC1)CC(=O)O. The van der Waals surface area contributed by atoms with Crippen LogP contribution in [0.3, 0.4) is 0 Å². The Morgan fingerprint density at radius 2 is 2.00 bits per heavy atom. The van der Waals surface area contributed by atoms with Crippen molar-refractivity contribution >= 4 is 5.97 Å². The summed E-state index contributed by atoms with van der Waals surface area (Å²) < 4.78 is 0. The highest BCUT2D eigenvalue weighted by Gasteiger charge is 2.12. The Balaban J connectivity index is 2.12. The van der Waals surface area contributed by atoms with Crippen molar-refractivity contribution in [3.63, 3.8) is 0 Å². The van der Waals surface area contributed by atoms with E-state index in [1.807, 2.05) is 4.90 Å². The summed E-state index contributed by atoms with van der Waals surface area (Å²) in [6, 6.07) is 0. The molecule has 1 N–H and O–H groups in total.